The first-order valence-corrected chi connectivity index (χ1v) is 10.9. The predicted octanol–water partition coefficient (Wildman–Crippen LogP) is 5.11. The fourth-order valence-corrected chi connectivity index (χ4v) is 4.11. The normalized spacial score (nSPS) is 11.8. The highest BCUT2D eigenvalue weighted by atomic mass is 32.1. The van der Waals surface area contributed by atoms with Crippen molar-refractivity contribution in [2.75, 3.05) is 11.9 Å². The highest BCUT2D eigenvalue weighted by Crippen LogP contribution is 2.26. The molecule has 0 radical (unpaired) electrons. The number of thiazole rings is 1. The summed E-state index contributed by atoms with van der Waals surface area (Å²) in [7, 11) is 0. The number of hydrogen-bond acceptors (Lipinski definition) is 6. The van der Waals surface area contributed by atoms with Crippen molar-refractivity contribution in [2.45, 2.75) is 32.6 Å². The molecule has 0 aliphatic rings. The van der Waals surface area contributed by atoms with Gasteiger partial charge in [-0.1, -0.05) is 26.0 Å². The number of esters is 1. The SMILES string of the molecule is CC[C@@H](C)c1ccc(NC(=O)COC(=O)Cc2csc(-c3ccsc3)n2)cc1. The van der Waals surface area contributed by atoms with Gasteiger partial charge in [-0.2, -0.15) is 11.3 Å². The quantitative estimate of drug-likeness (QED) is 0.520. The maximum atomic E-state index is 12.0. The summed E-state index contributed by atoms with van der Waals surface area (Å²) in [6, 6.07) is 9.72. The summed E-state index contributed by atoms with van der Waals surface area (Å²) in [6.45, 7) is 4.00. The lowest BCUT2D eigenvalue weighted by Crippen LogP contribution is -2.21. The Hall–Kier alpha value is -2.51. The van der Waals surface area contributed by atoms with Crippen LogP contribution >= 0.6 is 22.7 Å². The molecule has 0 fully saturated rings. The third-order valence-corrected chi connectivity index (χ3v) is 6.01. The lowest BCUT2D eigenvalue weighted by Gasteiger charge is -2.10. The van der Waals surface area contributed by atoms with Crippen LogP contribution in [-0.4, -0.2) is 23.5 Å². The zero-order valence-electron chi connectivity index (χ0n) is 15.8. The highest BCUT2D eigenvalue weighted by molar-refractivity contribution is 7.14. The number of ether oxygens (including phenoxy) is 1. The van der Waals surface area contributed by atoms with E-state index in [1.807, 2.05) is 46.5 Å². The van der Waals surface area contributed by atoms with Crippen molar-refractivity contribution in [1.82, 2.24) is 4.98 Å². The number of nitrogens with one attached hydrogen (secondary N) is 1. The van der Waals surface area contributed by atoms with Gasteiger partial charge in [0.25, 0.3) is 5.91 Å². The Morgan fingerprint density at radius 1 is 1.18 bits per heavy atom. The van der Waals surface area contributed by atoms with Crippen LogP contribution in [0.25, 0.3) is 10.6 Å². The van der Waals surface area contributed by atoms with E-state index in [1.165, 1.54) is 16.9 Å². The Balaban J connectivity index is 1.44. The van der Waals surface area contributed by atoms with Gasteiger partial charge in [0.05, 0.1) is 12.1 Å². The standard InChI is InChI=1S/C21H22N2O3S2/c1-3-14(2)15-4-6-17(7-5-15)22-19(24)11-26-20(25)10-18-13-28-21(23-18)16-8-9-27-12-16/h4-9,12-14H,3,10-11H2,1-2H3,(H,22,24)/t14-/m1/s1. The molecule has 2 heterocycles. The summed E-state index contributed by atoms with van der Waals surface area (Å²) in [5, 5.41) is 9.46. The van der Waals surface area contributed by atoms with Crippen molar-refractivity contribution in [3.63, 3.8) is 0 Å². The Morgan fingerprint density at radius 2 is 1.96 bits per heavy atom. The average molecular weight is 415 g/mol. The number of hydrogen-bond donors (Lipinski definition) is 1. The van der Waals surface area contributed by atoms with Gasteiger partial charge in [-0.05, 0) is 41.5 Å². The molecule has 1 N–H and O–H groups in total. The molecule has 146 valence electrons. The fraction of sp³-hybridized carbons (Fsp3) is 0.286. The van der Waals surface area contributed by atoms with Crippen LogP contribution in [0.15, 0.2) is 46.5 Å². The van der Waals surface area contributed by atoms with Crippen LogP contribution in [0.1, 0.15) is 37.4 Å². The second-order valence-corrected chi connectivity index (χ2v) is 8.11. The third kappa shape index (κ3) is 5.50. The van der Waals surface area contributed by atoms with Crippen molar-refractivity contribution in [3.8, 4) is 10.6 Å². The number of thiophene rings is 1. The summed E-state index contributed by atoms with van der Waals surface area (Å²) in [6.07, 6.45) is 1.12. The Kier molecular flexibility index (Phi) is 6.95. The van der Waals surface area contributed by atoms with Gasteiger partial charge in [-0.3, -0.25) is 9.59 Å². The van der Waals surface area contributed by atoms with E-state index in [0.717, 1.165) is 17.0 Å². The van der Waals surface area contributed by atoms with Crippen molar-refractivity contribution in [3.05, 3.63) is 57.7 Å². The largest absolute Gasteiger partial charge is 0.455 e. The van der Waals surface area contributed by atoms with E-state index in [-0.39, 0.29) is 18.9 Å². The monoisotopic (exact) mass is 414 g/mol. The minimum absolute atomic E-state index is 0.0531. The summed E-state index contributed by atoms with van der Waals surface area (Å²) in [5.41, 5.74) is 3.62. The smallest absolute Gasteiger partial charge is 0.312 e. The fourth-order valence-electron chi connectivity index (χ4n) is 2.58. The van der Waals surface area contributed by atoms with Crippen LogP contribution in [0.5, 0.6) is 0 Å². The minimum Gasteiger partial charge on any atom is -0.455 e. The topological polar surface area (TPSA) is 68.3 Å². The molecule has 0 spiro atoms. The summed E-state index contributed by atoms with van der Waals surface area (Å²) < 4.78 is 5.07. The van der Waals surface area contributed by atoms with Crippen molar-refractivity contribution < 1.29 is 14.3 Å². The number of amides is 1. The number of carbonyl (C=O) groups is 2. The first-order chi connectivity index (χ1) is 13.5. The first-order valence-electron chi connectivity index (χ1n) is 9.07. The lowest BCUT2D eigenvalue weighted by atomic mass is 9.99. The molecule has 3 rings (SSSR count). The molecule has 0 aliphatic heterocycles. The second kappa shape index (κ2) is 9.61. The van der Waals surface area contributed by atoms with Gasteiger partial charge in [0.2, 0.25) is 0 Å². The van der Waals surface area contributed by atoms with E-state index in [2.05, 4.69) is 24.1 Å². The van der Waals surface area contributed by atoms with Gasteiger partial charge in [0.1, 0.15) is 5.01 Å². The Bertz CT molecular complexity index is 918. The summed E-state index contributed by atoms with van der Waals surface area (Å²) in [4.78, 5) is 28.4. The van der Waals surface area contributed by atoms with Crippen molar-refractivity contribution in [2.24, 2.45) is 0 Å². The number of rotatable bonds is 8. The molecule has 5 nitrogen and oxygen atoms in total. The number of benzene rings is 1. The highest BCUT2D eigenvalue weighted by Gasteiger charge is 2.12. The van der Waals surface area contributed by atoms with Crippen molar-refractivity contribution in [1.29, 1.82) is 0 Å². The molecule has 2 aromatic heterocycles. The van der Waals surface area contributed by atoms with Gasteiger partial charge in [-0.15, -0.1) is 11.3 Å². The molecule has 1 atom stereocenters. The molecule has 7 heteroatoms. The van der Waals surface area contributed by atoms with E-state index in [0.29, 0.717) is 17.3 Å². The zero-order valence-corrected chi connectivity index (χ0v) is 17.4. The van der Waals surface area contributed by atoms with Crippen LogP contribution in [0.4, 0.5) is 5.69 Å². The maximum Gasteiger partial charge on any atom is 0.312 e. The molecule has 1 aromatic carbocycles. The van der Waals surface area contributed by atoms with Crippen LogP contribution in [0.2, 0.25) is 0 Å². The maximum absolute atomic E-state index is 12.0. The van der Waals surface area contributed by atoms with Gasteiger partial charge >= 0.3 is 5.97 Å². The first kappa shape index (κ1) is 20.2. The summed E-state index contributed by atoms with van der Waals surface area (Å²) in [5.74, 6) is -0.344. The zero-order chi connectivity index (χ0) is 19.9. The number of aromatic nitrogens is 1. The van der Waals surface area contributed by atoms with Crippen LogP contribution in [-0.2, 0) is 20.7 Å². The van der Waals surface area contributed by atoms with Gasteiger partial charge < -0.3 is 10.1 Å². The Labute approximate surface area is 172 Å². The van der Waals surface area contributed by atoms with Gasteiger partial charge in [0, 0.05) is 22.0 Å². The van der Waals surface area contributed by atoms with Gasteiger partial charge in [0.15, 0.2) is 6.61 Å². The minimum atomic E-state index is -0.468. The molecule has 0 unspecified atom stereocenters. The molecular formula is C21H22N2O3S2. The Morgan fingerprint density at radius 3 is 2.64 bits per heavy atom. The van der Waals surface area contributed by atoms with Gasteiger partial charge in [-0.25, -0.2) is 4.98 Å². The molecule has 0 bridgehead atoms. The van der Waals surface area contributed by atoms with E-state index in [4.69, 9.17) is 4.74 Å². The van der Waals surface area contributed by atoms with Crippen LogP contribution in [0.3, 0.4) is 0 Å². The second-order valence-electron chi connectivity index (χ2n) is 6.47. The molecule has 1 amide bonds. The van der Waals surface area contributed by atoms with Crippen LogP contribution < -0.4 is 5.32 Å². The molecule has 0 saturated carbocycles. The third-order valence-electron chi connectivity index (χ3n) is 4.39. The molecule has 0 saturated heterocycles. The van der Waals surface area contributed by atoms with E-state index >= 15 is 0 Å². The molecule has 0 aliphatic carbocycles. The number of nitrogens with zero attached hydrogens (tertiary/aromatic N) is 1. The predicted molar refractivity (Wildman–Crippen MR) is 114 cm³/mol. The summed E-state index contributed by atoms with van der Waals surface area (Å²) >= 11 is 3.09. The lowest BCUT2D eigenvalue weighted by molar-refractivity contribution is -0.146. The molecular weight excluding hydrogens is 392 g/mol. The van der Waals surface area contributed by atoms with E-state index in [9.17, 15) is 9.59 Å². The van der Waals surface area contributed by atoms with E-state index < -0.39 is 5.97 Å². The molecule has 3 aromatic rings. The number of anilines is 1. The van der Waals surface area contributed by atoms with Crippen molar-refractivity contribution >= 4 is 40.2 Å². The number of carbonyl (C=O) groups excluding carboxylic acids is 2. The molecule has 28 heavy (non-hydrogen) atoms. The van der Waals surface area contributed by atoms with Crippen LogP contribution in [0, 0.1) is 0 Å². The average Bonchev–Trinajstić information content (AvgIpc) is 3.38. The van der Waals surface area contributed by atoms with E-state index in [1.54, 1.807) is 11.3 Å².